The summed E-state index contributed by atoms with van der Waals surface area (Å²) >= 11 is 0. The van der Waals surface area contributed by atoms with Gasteiger partial charge in [0.1, 0.15) is 11.5 Å². The fraction of sp³-hybridized carbons (Fsp3) is 0.133. The number of benzene rings is 2. The average molecular weight is 537 g/mol. The molecule has 8 nitrogen and oxygen atoms in total. The molecule has 198 valence electrons. The van der Waals surface area contributed by atoms with Gasteiger partial charge in [0, 0.05) is 46.2 Å². The van der Waals surface area contributed by atoms with Crippen LogP contribution in [0.3, 0.4) is 0 Å². The molecule has 0 spiro atoms. The van der Waals surface area contributed by atoms with Crippen LogP contribution in [-0.2, 0) is 6.61 Å². The summed E-state index contributed by atoms with van der Waals surface area (Å²) in [6, 6.07) is 14.9. The van der Waals surface area contributed by atoms with Crippen LogP contribution in [0.25, 0.3) is 50.0 Å². The molecular weight excluding hydrogens is 514 g/mol. The van der Waals surface area contributed by atoms with E-state index in [-0.39, 0.29) is 11.3 Å². The van der Waals surface area contributed by atoms with Gasteiger partial charge in [-0.1, -0.05) is 18.2 Å². The number of hydrogen-bond acceptors (Lipinski definition) is 6. The van der Waals surface area contributed by atoms with E-state index in [2.05, 4.69) is 19.9 Å². The Kier molecular flexibility index (Phi) is 5.46. The van der Waals surface area contributed by atoms with E-state index in [1.807, 2.05) is 6.07 Å². The number of nitrogen functional groups attached to an aromatic ring is 1. The number of nitrogens with zero attached hydrogens (tertiary/aromatic N) is 4. The summed E-state index contributed by atoms with van der Waals surface area (Å²) in [5.74, 6) is -0.846. The lowest BCUT2D eigenvalue weighted by Gasteiger charge is -2.16. The first-order valence-corrected chi connectivity index (χ1v) is 12.8. The topological polar surface area (TPSA) is 123 Å². The largest absolute Gasteiger partial charge is 0.392 e. The lowest BCUT2D eigenvalue weighted by Crippen LogP contribution is -2.20. The monoisotopic (exact) mass is 536 g/mol. The summed E-state index contributed by atoms with van der Waals surface area (Å²) in [5.41, 5.74) is 9.69. The van der Waals surface area contributed by atoms with Crippen molar-refractivity contribution < 1.29 is 13.9 Å². The number of nitrogens with two attached hydrogens (primary N) is 1. The number of nitrogens with one attached hydrogen (secondary N) is 1. The minimum atomic E-state index is -0.627. The van der Waals surface area contributed by atoms with Crippen molar-refractivity contribution in [2.75, 3.05) is 5.73 Å². The molecule has 10 heteroatoms. The van der Waals surface area contributed by atoms with E-state index in [9.17, 15) is 14.3 Å². The second kappa shape index (κ2) is 9.06. The molecule has 4 heterocycles. The highest BCUT2D eigenvalue weighted by Gasteiger charge is 2.25. The van der Waals surface area contributed by atoms with Crippen LogP contribution >= 0.6 is 0 Å². The van der Waals surface area contributed by atoms with Crippen molar-refractivity contribution in [1.29, 1.82) is 0 Å². The number of halogens is 2. The molecule has 1 fully saturated rings. The first-order chi connectivity index (χ1) is 19.4. The fourth-order valence-electron chi connectivity index (χ4n) is 5.34. The Morgan fingerprint density at radius 2 is 1.93 bits per heavy atom. The highest BCUT2D eigenvalue weighted by Crippen LogP contribution is 2.41. The number of aliphatic hydroxyl groups excluding tert-OH is 1. The summed E-state index contributed by atoms with van der Waals surface area (Å²) in [5, 5.41) is 11.6. The van der Waals surface area contributed by atoms with Crippen molar-refractivity contribution in [3.8, 4) is 28.2 Å². The molecule has 0 bridgehead atoms. The molecule has 4 N–H and O–H groups in total. The van der Waals surface area contributed by atoms with Crippen molar-refractivity contribution in [2.45, 2.75) is 25.4 Å². The minimum Gasteiger partial charge on any atom is -0.392 e. The lowest BCUT2D eigenvalue weighted by atomic mass is 10.00. The summed E-state index contributed by atoms with van der Waals surface area (Å²) in [6.45, 7) is -0.433. The number of hydrogen-bond donors (Lipinski definition) is 3. The second-order valence-electron chi connectivity index (χ2n) is 9.94. The highest BCUT2D eigenvalue weighted by atomic mass is 19.1. The van der Waals surface area contributed by atoms with Crippen molar-refractivity contribution in [3.63, 3.8) is 0 Å². The molecule has 1 aliphatic rings. The van der Waals surface area contributed by atoms with Crippen LogP contribution in [0.1, 0.15) is 29.9 Å². The van der Waals surface area contributed by atoms with Gasteiger partial charge in [-0.15, -0.1) is 0 Å². The zero-order chi connectivity index (χ0) is 27.5. The predicted molar refractivity (Wildman–Crippen MR) is 148 cm³/mol. The van der Waals surface area contributed by atoms with Crippen LogP contribution in [0, 0.1) is 11.8 Å². The first-order valence-electron chi connectivity index (χ1n) is 12.8. The molecule has 0 aliphatic heterocycles. The van der Waals surface area contributed by atoms with Gasteiger partial charge < -0.3 is 15.8 Å². The third-order valence-corrected chi connectivity index (χ3v) is 7.39. The molecule has 0 amide bonds. The molecule has 1 aliphatic carbocycles. The van der Waals surface area contributed by atoms with Crippen molar-refractivity contribution in [1.82, 2.24) is 24.5 Å². The summed E-state index contributed by atoms with van der Waals surface area (Å²) in [7, 11) is 0. The summed E-state index contributed by atoms with van der Waals surface area (Å²) < 4.78 is 30.3. The molecule has 1 saturated carbocycles. The van der Waals surface area contributed by atoms with Crippen molar-refractivity contribution >= 4 is 27.8 Å². The van der Waals surface area contributed by atoms with Gasteiger partial charge in [-0.2, -0.15) is 9.37 Å². The fourth-order valence-corrected chi connectivity index (χ4v) is 5.34. The maximum Gasteiger partial charge on any atom is 0.265 e. The van der Waals surface area contributed by atoms with Gasteiger partial charge in [-0.25, -0.2) is 14.4 Å². The number of anilines is 1. The van der Waals surface area contributed by atoms with E-state index >= 15 is 4.39 Å². The van der Waals surface area contributed by atoms with E-state index in [4.69, 9.17) is 5.73 Å². The third-order valence-electron chi connectivity index (χ3n) is 7.39. The Morgan fingerprint density at radius 1 is 1.07 bits per heavy atom. The minimum absolute atomic E-state index is 0.00489. The van der Waals surface area contributed by atoms with Crippen LogP contribution in [0.15, 0.2) is 71.8 Å². The highest BCUT2D eigenvalue weighted by molar-refractivity contribution is 5.96. The zero-order valence-electron chi connectivity index (χ0n) is 21.0. The van der Waals surface area contributed by atoms with E-state index in [1.54, 1.807) is 42.6 Å². The van der Waals surface area contributed by atoms with E-state index in [0.29, 0.717) is 56.1 Å². The maximum atomic E-state index is 15.2. The number of fused-ring (bicyclic) bond motifs is 2. The summed E-state index contributed by atoms with van der Waals surface area (Å²) in [6.07, 6.45) is 5.01. The van der Waals surface area contributed by atoms with E-state index < -0.39 is 23.9 Å². The number of pyridine rings is 2. The first kappa shape index (κ1) is 24.1. The predicted octanol–water partition coefficient (Wildman–Crippen LogP) is 5.22. The molecule has 0 atom stereocenters. The average Bonchev–Trinajstić information content (AvgIpc) is 3.71. The molecule has 6 aromatic rings. The molecule has 0 saturated heterocycles. The van der Waals surface area contributed by atoms with E-state index in [0.717, 1.165) is 18.4 Å². The second-order valence-corrected chi connectivity index (χ2v) is 9.94. The molecule has 0 radical (unpaired) electrons. The van der Waals surface area contributed by atoms with Gasteiger partial charge in [0.25, 0.3) is 5.56 Å². The molecule has 40 heavy (non-hydrogen) atoms. The van der Waals surface area contributed by atoms with Gasteiger partial charge in [-0.05, 0) is 60.0 Å². The summed E-state index contributed by atoms with van der Waals surface area (Å²) in [4.78, 5) is 29.1. The van der Waals surface area contributed by atoms with Crippen LogP contribution < -0.4 is 11.3 Å². The van der Waals surface area contributed by atoms with Crippen LogP contribution in [0.2, 0.25) is 0 Å². The quantitative estimate of drug-likeness (QED) is 0.260. The smallest absolute Gasteiger partial charge is 0.265 e. The Labute approximate surface area is 225 Å². The van der Waals surface area contributed by atoms with Gasteiger partial charge in [0.05, 0.1) is 23.4 Å². The number of rotatable bonds is 5. The Morgan fingerprint density at radius 3 is 2.70 bits per heavy atom. The molecular formula is C30H22F2N6O2. The van der Waals surface area contributed by atoms with Gasteiger partial charge in [0.2, 0.25) is 11.9 Å². The maximum absolute atomic E-state index is 15.2. The van der Waals surface area contributed by atoms with Gasteiger partial charge in [0.15, 0.2) is 0 Å². The Balaban J connectivity index is 1.41. The number of aromatic nitrogens is 5. The molecule has 4 aromatic heterocycles. The van der Waals surface area contributed by atoms with Crippen LogP contribution in [0.5, 0.6) is 0 Å². The van der Waals surface area contributed by atoms with Crippen LogP contribution in [-0.4, -0.2) is 29.6 Å². The van der Waals surface area contributed by atoms with Gasteiger partial charge in [-0.3, -0.25) is 9.36 Å². The lowest BCUT2D eigenvalue weighted by molar-refractivity contribution is 0.282. The standard InChI is InChI=1S/C30H22F2N6O2/c31-22-11-18(15-4-5-15)10-17-7-9-38(29(40)26(17)22)24-3-1-2-19(21(24)14-39)27-20-13-23(16-6-8-34-25(32)12-16)35-28(20)37-30(33)36-27/h1-3,6-13,15,39H,4-5,14H2,(H3,33,35,36,37). The third kappa shape index (κ3) is 3.92. The number of aromatic amines is 1. The van der Waals surface area contributed by atoms with Crippen molar-refractivity contribution in [3.05, 3.63) is 100 Å². The Hall–Kier alpha value is -4.96. The number of H-pyrrole nitrogens is 1. The van der Waals surface area contributed by atoms with Gasteiger partial charge >= 0.3 is 0 Å². The van der Waals surface area contributed by atoms with Crippen molar-refractivity contribution in [2.24, 2.45) is 0 Å². The van der Waals surface area contributed by atoms with Crippen LogP contribution in [0.4, 0.5) is 14.7 Å². The normalized spacial score (nSPS) is 13.4. The zero-order valence-corrected chi connectivity index (χ0v) is 21.0. The Bertz CT molecular complexity index is 2030. The molecule has 0 unspecified atom stereocenters. The molecule has 2 aromatic carbocycles. The number of aliphatic hydroxyl groups is 1. The molecule has 7 rings (SSSR count). The van der Waals surface area contributed by atoms with E-state index in [1.165, 1.54) is 22.9 Å². The SMILES string of the molecule is Nc1nc(-c2cccc(-n3ccc4cc(C5CC5)cc(F)c4c3=O)c2CO)c2cc(-c3ccnc(F)c3)[nH]c2n1.